The van der Waals surface area contributed by atoms with Crippen LogP contribution in [0.4, 0.5) is 0 Å². The van der Waals surface area contributed by atoms with Crippen LogP contribution < -0.4 is 26.6 Å². The number of aliphatic hydroxyl groups is 27. The molecule has 728 valence electrons. The van der Waals surface area contributed by atoms with E-state index in [1.54, 1.807) is 0 Å². The molecule has 126 heavy (non-hydrogen) atoms. The van der Waals surface area contributed by atoms with Gasteiger partial charge in [0.15, 0.2) is 62.9 Å². The van der Waals surface area contributed by atoms with Gasteiger partial charge in [-0.05, 0) is 0 Å². The number of aliphatic hydroxyl groups excluding tert-OH is 27. The first-order valence-electron chi connectivity index (χ1n) is 40.1. The lowest BCUT2D eigenvalue weighted by atomic mass is 9.93. The summed E-state index contributed by atoms with van der Waals surface area (Å²) in [5.74, 6) is -4.55. The topological polar surface area (TPSA) is 867 Å². The SMILES string of the molecule is CC(=O)N[C@H]1[C@H](O[C@H]2[C@@H](O)[C@@H](CO)O[C@@H](O[C@H]3[C@H](O)[C@@H](NC(C)=O)[C@H](O[C@H]4[C@@H](O)[C@@H](CO)O[C@@H](O[C@H]5[C@H](O)[C@@H](NC(C)=O)[C@H](O[C@H]6[C@@H](O)[C@@H](CO)OC(O)[C@@H]6O)O[C@@H]5CO)[C@@H]4O)O[C@@H]3CO)[C@@H]2O)O[C@H](CO)[C@@H](O[C@@H]2O[C@H](CO)[C@H](O)[C@H](O[C@@H]3O[C@H](CO)[C@@H](O[C@@H]4O[C@H](CO)[C@H](O)[C@H](O[C@@H]5O[C@H](CO)[C@@H](O)[C@H](O)[C@H]5NC(C)=O)[C@H]4O)[C@H](O)[C@H]3NC(C)=O)[C@H]2O)[C@@H]1O. The van der Waals surface area contributed by atoms with E-state index in [4.69, 9.17) is 90.0 Å². The highest BCUT2D eigenvalue weighted by Crippen LogP contribution is 2.41. The van der Waals surface area contributed by atoms with Crippen molar-refractivity contribution in [3.63, 3.8) is 0 Å². The van der Waals surface area contributed by atoms with Gasteiger partial charge in [-0.1, -0.05) is 0 Å². The number of hydrogen-bond donors (Lipinski definition) is 32. The minimum atomic E-state index is -2.40. The predicted octanol–water partition coefficient (Wildman–Crippen LogP) is -22.1. The Morgan fingerprint density at radius 3 is 0.548 bits per heavy atom. The third-order valence-corrected chi connectivity index (χ3v) is 22.9. The van der Waals surface area contributed by atoms with E-state index in [-0.39, 0.29) is 0 Å². The Hall–Kier alpha value is -4.49. The minimum absolute atomic E-state index is 0.792. The van der Waals surface area contributed by atoms with Gasteiger partial charge in [-0.3, -0.25) is 24.0 Å². The molecule has 32 N–H and O–H groups in total. The van der Waals surface area contributed by atoms with Crippen LogP contribution in [0.3, 0.4) is 0 Å². The van der Waals surface area contributed by atoms with Crippen molar-refractivity contribution in [1.29, 1.82) is 0 Å². The molecule has 5 amide bonds. The summed E-state index contributed by atoms with van der Waals surface area (Å²) in [6.07, 6.45) is -91.8. The maximum absolute atomic E-state index is 13.1. The molecule has 0 aliphatic carbocycles. The summed E-state index contributed by atoms with van der Waals surface area (Å²) in [6.45, 7) is -6.15. The van der Waals surface area contributed by atoms with Gasteiger partial charge >= 0.3 is 0 Å². The van der Waals surface area contributed by atoms with Crippen LogP contribution in [0.15, 0.2) is 0 Å². The van der Waals surface area contributed by atoms with Crippen LogP contribution in [0.1, 0.15) is 34.6 Å². The average molecular weight is 1840 g/mol. The van der Waals surface area contributed by atoms with Crippen molar-refractivity contribution in [1.82, 2.24) is 26.6 Å². The van der Waals surface area contributed by atoms with Gasteiger partial charge < -0.3 is 254 Å². The van der Waals surface area contributed by atoms with Gasteiger partial charge in [-0.15, -0.1) is 0 Å². The van der Waals surface area contributed by atoms with E-state index in [0.29, 0.717) is 0 Å². The fourth-order valence-electron chi connectivity index (χ4n) is 16.5. The molecule has 10 aliphatic rings. The first-order valence-corrected chi connectivity index (χ1v) is 40.1. The summed E-state index contributed by atoms with van der Waals surface area (Å²) in [7, 11) is 0. The number of rotatable bonds is 33. The van der Waals surface area contributed by atoms with Gasteiger partial charge in [-0.25, -0.2) is 0 Å². The highest BCUT2D eigenvalue weighted by atomic mass is 16.8. The Labute approximate surface area is 713 Å². The van der Waals surface area contributed by atoms with Crippen LogP contribution in [0.25, 0.3) is 0 Å². The molecule has 0 bridgehead atoms. The first-order chi connectivity index (χ1) is 59.7. The molecule has 1 unspecified atom stereocenters. The molecule has 0 aromatic carbocycles. The van der Waals surface area contributed by atoms with E-state index in [1.807, 2.05) is 0 Å². The first kappa shape index (κ1) is 104. The summed E-state index contributed by atoms with van der Waals surface area (Å²) in [6, 6.07) is -9.31. The highest BCUT2D eigenvalue weighted by molar-refractivity contribution is 5.75. The van der Waals surface area contributed by atoms with E-state index >= 15 is 0 Å². The molecule has 56 nitrogen and oxygen atoms in total. The molecule has 10 rings (SSSR count). The number of ether oxygens (including phenoxy) is 19. The summed E-state index contributed by atoms with van der Waals surface area (Å²) in [5.41, 5.74) is 0. The lowest BCUT2D eigenvalue weighted by Gasteiger charge is -2.51. The van der Waals surface area contributed by atoms with E-state index < -0.39 is 402 Å². The van der Waals surface area contributed by atoms with Crippen molar-refractivity contribution in [3.05, 3.63) is 0 Å². The third kappa shape index (κ3) is 22.8. The number of nitrogens with one attached hydrogen (secondary N) is 5. The molecule has 0 saturated carbocycles. The van der Waals surface area contributed by atoms with Crippen LogP contribution in [-0.4, -0.2) is 540 Å². The Kier molecular flexibility index (Phi) is 37.4. The van der Waals surface area contributed by atoms with Gasteiger partial charge in [0.25, 0.3) is 0 Å². The van der Waals surface area contributed by atoms with E-state index in [1.165, 1.54) is 0 Å². The van der Waals surface area contributed by atoms with E-state index in [2.05, 4.69) is 26.6 Å². The summed E-state index contributed by atoms with van der Waals surface area (Å²) in [4.78, 5) is 63.8. The Bertz CT molecular complexity index is 3440. The molecule has 0 aromatic rings. The molecular weight excluding hydrogens is 1730 g/mol. The van der Waals surface area contributed by atoms with Crippen LogP contribution >= 0.6 is 0 Å². The zero-order valence-corrected chi connectivity index (χ0v) is 67.8. The molecule has 10 saturated heterocycles. The van der Waals surface area contributed by atoms with Crippen molar-refractivity contribution in [3.8, 4) is 0 Å². The normalized spacial score (nSPS) is 48.4. The third-order valence-electron chi connectivity index (χ3n) is 22.9. The summed E-state index contributed by atoms with van der Waals surface area (Å²) >= 11 is 0. The van der Waals surface area contributed by atoms with Crippen molar-refractivity contribution >= 4 is 29.5 Å². The maximum Gasteiger partial charge on any atom is 0.217 e. The molecule has 50 atom stereocenters. The Morgan fingerprint density at radius 1 is 0.190 bits per heavy atom. The fourth-order valence-corrected chi connectivity index (χ4v) is 16.5. The maximum atomic E-state index is 13.1. The lowest BCUT2D eigenvalue weighted by molar-refractivity contribution is -0.390. The molecule has 10 aliphatic heterocycles. The van der Waals surface area contributed by atoms with Gasteiger partial charge in [0.2, 0.25) is 29.5 Å². The summed E-state index contributed by atoms with van der Waals surface area (Å²) in [5, 5.41) is 313. The van der Waals surface area contributed by atoms with Gasteiger partial charge in [0.05, 0.1) is 66.1 Å². The highest BCUT2D eigenvalue weighted by Gasteiger charge is 2.63. The van der Waals surface area contributed by atoms with Crippen molar-refractivity contribution in [2.24, 2.45) is 0 Å². The molecule has 0 aromatic heterocycles. The predicted molar refractivity (Wildman–Crippen MR) is 388 cm³/mol. The lowest BCUT2D eigenvalue weighted by Crippen LogP contribution is -2.71. The van der Waals surface area contributed by atoms with E-state index in [9.17, 15) is 162 Å². The number of amides is 5. The summed E-state index contributed by atoms with van der Waals surface area (Å²) < 4.78 is 111. The van der Waals surface area contributed by atoms with Gasteiger partial charge in [-0.2, -0.15) is 0 Å². The largest absolute Gasteiger partial charge is 0.394 e. The standard InChI is InChI=1S/C70H117N5O51/c1-16(86)71-31-42(97)36(91)21(6-76)109-62(31)123-57-38(93)23(8-78)110-67(48(57)103)119-53-28(13-83)115-64(33(44(53)99)73-18(3)88)125-59-40(95)25(10-80)112-69(50(59)105)121-55-30(15-85)117-66(35(46(55)101)75-20(5)90)126-60-41(96)26(11-81)113-70(51(60)106)120-54-29(14-84)116-65(34(45(54)100)74-19(4)89)124-58-39(94)24(9-79)111-68(49(58)104)118-52-27(12-82)114-63(32(43(52)98)72-17(2)87)122-56-37(92)22(7-77)108-61(107)47(56)102/h21-70,76-85,91-107H,6-15H2,1-5H3,(H,71,86)(H,72,87)(H,73,88)(H,74,89)(H,75,90)/t21-,22-,23-,24-,25-,26-,27-,28-,29-,30-,31-,32-,33-,34-,35-,36-,37+,38+,39+,40+,41+,42-,43-,44-,45-,46-,47-,48-,49-,50-,51-,52-,53-,54-,55-,56+,57+,58+,59+,60+,61?,62+,63+,64+,65+,66+,67+,68+,69+,70+/m1/s1. The van der Waals surface area contributed by atoms with Crippen LogP contribution in [-0.2, 0) is 114 Å². The van der Waals surface area contributed by atoms with Crippen molar-refractivity contribution < 1.29 is 252 Å². The number of carbonyl (C=O) groups is 5. The second-order valence-corrected chi connectivity index (χ2v) is 31.7. The second kappa shape index (κ2) is 45.5. The zero-order chi connectivity index (χ0) is 92.8. The van der Waals surface area contributed by atoms with Crippen LogP contribution in [0, 0.1) is 0 Å². The molecule has 10 heterocycles. The van der Waals surface area contributed by atoms with Gasteiger partial charge in [0, 0.05) is 34.6 Å². The molecular formula is C70H117N5O51. The smallest absolute Gasteiger partial charge is 0.217 e. The molecule has 0 spiro atoms. The molecule has 10 fully saturated rings. The van der Waals surface area contributed by atoms with Crippen LogP contribution in [0.5, 0.6) is 0 Å². The van der Waals surface area contributed by atoms with Gasteiger partial charge in [0.1, 0.15) is 244 Å². The van der Waals surface area contributed by atoms with E-state index in [0.717, 1.165) is 34.6 Å². The average Bonchev–Trinajstić information content (AvgIpc) is 0.766. The van der Waals surface area contributed by atoms with Crippen molar-refractivity contribution in [2.75, 3.05) is 66.1 Å². The molecule has 56 heteroatoms. The number of carbonyl (C=O) groups excluding carboxylic acids is 5. The minimum Gasteiger partial charge on any atom is -0.394 e. The van der Waals surface area contributed by atoms with Crippen molar-refractivity contribution in [2.45, 2.75) is 341 Å². The van der Waals surface area contributed by atoms with Crippen LogP contribution in [0.2, 0.25) is 0 Å². The fraction of sp³-hybridized carbons (Fsp3) is 0.929. The zero-order valence-electron chi connectivity index (χ0n) is 67.8. The molecule has 0 radical (unpaired) electrons. The quantitative estimate of drug-likeness (QED) is 0.0290. The Balaban J connectivity index is 0.823. The monoisotopic (exact) mass is 1840 g/mol. The number of hydrogen-bond acceptors (Lipinski definition) is 51. The Morgan fingerprint density at radius 2 is 0.349 bits per heavy atom. The second-order valence-electron chi connectivity index (χ2n) is 31.7.